The van der Waals surface area contributed by atoms with Crippen molar-refractivity contribution in [3.63, 3.8) is 0 Å². The smallest absolute Gasteiger partial charge is 0.224 e. The van der Waals surface area contributed by atoms with Crippen molar-refractivity contribution in [1.29, 1.82) is 5.26 Å². The van der Waals surface area contributed by atoms with Crippen molar-refractivity contribution >= 4 is 23.2 Å². The molecule has 0 saturated heterocycles. The molecule has 29 heavy (non-hydrogen) atoms. The molecule has 0 aliphatic heterocycles. The summed E-state index contributed by atoms with van der Waals surface area (Å²) < 4.78 is 9.80. The number of hydrogen-bond acceptors (Lipinski definition) is 5. The van der Waals surface area contributed by atoms with Crippen LogP contribution in [0.1, 0.15) is 33.8 Å². The summed E-state index contributed by atoms with van der Waals surface area (Å²) in [6.45, 7) is 7.74. The lowest BCUT2D eigenvalue weighted by Gasteiger charge is -2.06. The molecule has 7 nitrogen and oxygen atoms in total. The molecule has 1 N–H and O–H groups in total. The molecule has 3 aromatic heterocycles. The fourth-order valence-electron chi connectivity index (χ4n) is 3.53. The maximum Gasteiger partial charge on any atom is 0.224 e. The third-order valence-corrected chi connectivity index (χ3v) is 5.31. The van der Waals surface area contributed by atoms with Gasteiger partial charge in [-0.1, -0.05) is 12.1 Å². The van der Waals surface area contributed by atoms with Gasteiger partial charge in [0.15, 0.2) is 0 Å². The van der Waals surface area contributed by atoms with Crippen molar-refractivity contribution in [2.24, 2.45) is 12.1 Å². The number of nitrogens with zero attached hydrogens (tertiary/aromatic N) is 5. The van der Waals surface area contributed by atoms with E-state index in [1.54, 1.807) is 6.21 Å². The van der Waals surface area contributed by atoms with Gasteiger partial charge in [0.25, 0.3) is 0 Å². The van der Waals surface area contributed by atoms with Gasteiger partial charge in [-0.05, 0) is 45.9 Å². The standard InChI is InChI=1S/C22H22N6O/c1-13-10-17(15(3)28(13)21-18(11-23)14(2)16(4)29-21)12-24-26-22-25-19-8-6-7-9-20(19)27(22)5/h6-10,12H,1-5H3,(H,25,26)/b24-12-. The first-order valence-corrected chi connectivity index (χ1v) is 9.32. The van der Waals surface area contributed by atoms with Gasteiger partial charge in [0.1, 0.15) is 17.4 Å². The van der Waals surface area contributed by atoms with E-state index in [2.05, 4.69) is 21.6 Å². The van der Waals surface area contributed by atoms with Crippen molar-refractivity contribution < 1.29 is 4.42 Å². The topological polar surface area (TPSA) is 84.1 Å². The number of furan rings is 1. The van der Waals surface area contributed by atoms with Crippen molar-refractivity contribution in [3.05, 3.63) is 64.2 Å². The summed E-state index contributed by atoms with van der Waals surface area (Å²) in [5, 5.41) is 13.9. The Kier molecular flexibility index (Phi) is 4.47. The van der Waals surface area contributed by atoms with Gasteiger partial charge in [-0.25, -0.2) is 10.4 Å². The number of fused-ring (bicyclic) bond motifs is 1. The molecular weight excluding hydrogens is 364 g/mol. The Morgan fingerprint density at radius 2 is 1.97 bits per heavy atom. The fourth-order valence-corrected chi connectivity index (χ4v) is 3.53. The van der Waals surface area contributed by atoms with Crippen LogP contribution in [-0.2, 0) is 7.05 Å². The number of rotatable bonds is 4. The van der Waals surface area contributed by atoms with E-state index in [9.17, 15) is 5.26 Å². The van der Waals surface area contributed by atoms with Gasteiger partial charge in [0.2, 0.25) is 11.8 Å². The minimum atomic E-state index is 0.556. The number of anilines is 1. The summed E-state index contributed by atoms with van der Waals surface area (Å²) in [5.74, 6) is 1.98. The highest BCUT2D eigenvalue weighted by molar-refractivity contribution is 5.83. The molecule has 0 radical (unpaired) electrons. The first-order valence-electron chi connectivity index (χ1n) is 9.32. The van der Waals surface area contributed by atoms with Crippen LogP contribution in [-0.4, -0.2) is 20.3 Å². The van der Waals surface area contributed by atoms with E-state index in [1.807, 2.05) is 74.2 Å². The lowest BCUT2D eigenvalue weighted by Crippen LogP contribution is -2.01. The number of benzene rings is 1. The van der Waals surface area contributed by atoms with E-state index in [0.29, 0.717) is 17.4 Å². The molecule has 0 spiro atoms. The van der Waals surface area contributed by atoms with Gasteiger partial charge >= 0.3 is 0 Å². The lowest BCUT2D eigenvalue weighted by molar-refractivity contribution is 0.503. The number of nitrogens with one attached hydrogen (secondary N) is 1. The molecule has 0 atom stereocenters. The van der Waals surface area contributed by atoms with E-state index in [4.69, 9.17) is 4.42 Å². The van der Waals surface area contributed by atoms with Crippen LogP contribution < -0.4 is 5.43 Å². The Bertz CT molecular complexity index is 1300. The van der Waals surface area contributed by atoms with Crippen LogP contribution in [0.25, 0.3) is 16.9 Å². The monoisotopic (exact) mass is 386 g/mol. The first-order chi connectivity index (χ1) is 13.9. The summed E-state index contributed by atoms with van der Waals surface area (Å²) in [4.78, 5) is 4.55. The van der Waals surface area contributed by atoms with Crippen molar-refractivity contribution in [2.45, 2.75) is 27.7 Å². The van der Waals surface area contributed by atoms with Gasteiger partial charge in [-0.15, -0.1) is 0 Å². The Balaban J connectivity index is 1.65. The summed E-state index contributed by atoms with van der Waals surface area (Å²) in [6, 6.07) is 12.2. The summed E-state index contributed by atoms with van der Waals surface area (Å²) in [6.07, 6.45) is 1.76. The predicted octanol–water partition coefficient (Wildman–Crippen LogP) is 4.51. The van der Waals surface area contributed by atoms with E-state index in [-0.39, 0.29) is 0 Å². The quantitative estimate of drug-likeness (QED) is 0.413. The summed E-state index contributed by atoms with van der Waals surface area (Å²) in [7, 11) is 1.95. The number of aromatic nitrogens is 3. The van der Waals surface area contributed by atoms with E-state index < -0.39 is 0 Å². The van der Waals surface area contributed by atoms with Crippen molar-refractivity contribution in [3.8, 4) is 12.0 Å². The predicted molar refractivity (Wildman–Crippen MR) is 114 cm³/mol. The highest BCUT2D eigenvalue weighted by Crippen LogP contribution is 2.28. The molecule has 0 unspecified atom stereocenters. The van der Waals surface area contributed by atoms with Gasteiger partial charge < -0.3 is 8.98 Å². The van der Waals surface area contributed by atoms with Crippen LogP contribution in [0, 0.1) is 39.0 Å². The highest BCUT2D eigenvalue weighted by atomic mass is 16.4. The molecule has 1 aromatic carbocycles. The molecule has 146 valence electrons. The molecule has 4 rings (SSSR count). The molecule has 0 aliphatic rings. The van der Waals surface area contributed by atoms with Gasteiger partial charge in [-0.2, -0.15) is 10.4 Å². The summed E-state index contributed by atoms with van der Waals surface area (Å²) in [5.41, 5.74) is 9.25. The minimum absolute atomic E-state index is 0.556. The molecule has 0 fully saturated rings. The van der Waals surface area contributed by atoms with E-state index in [1.165, 1.54) is 0 Å². The summed E-state index contributed by atoms with van der Waals surface area (Å²) >= 11 is 0. The number of nitriles is 1. The maximum absolute atomic E-state index is 9.55. The number of imidazole rings is 1. The van der Waals surface area contributed by atoms with Crippen LogP contribution in [0.15, 0.2) is 39.9 Å². The number of hydrogen-bond donors (Lipinski definition) is 1. The molecular formula is C22H22N6O. The Morgan fingerprint density at radius 3 is 2.69 bits per heavy atom. The van der Waals surface area contributed by atoms with Crippen LogP contribution in [0.2, 0.25) is 0 Å². The molecule has 0 aliphatic carbocycles. The second kappa shape index (κ2) is 6.99. The van der Waals surface area contributed by atoms with Crippen LogP contribution in [0.3, 0.4) is 0 Å². The molecule has 3 heterocycles. The Morgan fingerprint density at radius 1 is 1.21 bits per heavy atom. The number of para-hydroxylation sites is 2. The molecule has 0 bridgehead atoms. The largest absolute Gasteiger partial charge is 0.443 e. The van der Waals surface area contributed by atoms with Crippen molar-refractivity contribution in [2.75, 3.05) is 5.43 Å². The van der Waals surface area contributed by atoms with Crippen LogP contribution >= 0.6 is 0 Å². The zero-order chi connectivity index (χ0) is 20.7. The van der Waals surface area contributed by atoms with Gasteiger partial charge in [-0.3, -0.25) is 4.57 Å². The first kappa shape index (κ1) is 18.6. The highest BCUT2D eigenvalue weighted by Gasteiger charge is 2.20. The molecule has 4 aromatic rings. The molecule has 0 saturated carbocycles. The van der Waals surface area contributed by atoms with E-state index >= 15 is 0 Å². The second-order valence-corrected chi connectivity index (χ2v) is 7.09. The SMILES string of the molecule is Cc1oc(-n2c(C)cc(/C=N\Nc3nc4ccccc4n3C)c2C)c(C#N)c1C. The number of hydrazone groups is 1. The normalized spacial score (nSPS) is 11.4. The van der Waals surface area contributed by atoms with E-state index in [0.717, 1.165) is 39.3 Å². The maximum atomic E-state index is 9.55. The lowest BCUT2D eigenvalue weighted by atomic mass is 10.2. The molecule has 7 heteroatoms. The van der Waals surface area contributed by atoms with Gasteiger partial charge in [0.05, 0.1) is 17.2 Å². The Labute approximate surface area is 168 Å². The zero-order valence-electron chi connectivity index (χ0n) is 17.1. The van der Waals surface area contributed by atoms with Crippen molar-refractivity contribution in [1.82, 2.24) is 14.1 Å². The second-order valence-electron chi connectivity index (χ2n) is 7.09. The zero-order valence-corrected chi connectivity index (χ0v) is 17.1. The minimum Gasteiger partial charge on any atom is -0.443 e. The third kappa shape index (κ3) is 2.99. The molecule has 0 amide bonds. The third-order valence-electron chi connectivity index (χ3n) is 5.31. The Hall–Kier alpha value is -3.79. The van der Waals surface area contributed by atoms with Gasteiger partial charge in [0, 0.05) is 29.6 Å². The average Bonchev–Trinajstić information content (AvgIpc) is 3.28. The van der Waals surface area contributed by atoms with Crippen LogP contribution in [0.5, 0.6) is 0 Å². The average molecular weight is 386 g/mol. The van der Waals surface area contributed by atoms with Crippen LogP contribution in [0.4, 0.5) is 5.95 Å². The number of aryl methyl sites for hydroxylation is 3. The fraction of sp³-hybridized carbons (Fsp3) is 0.227.